The maximum absolute atomic E-state index is 11.3. The van der Waals surface area contributed by atoms with Crippen molar-refractivity contribution < 1.29 is 9.53 Å². The number of hydrogen-bond donors (Lipinski definition) is 0. The van der Waals surface area contributed by atoms with Gasteiger partial charge in [0.05, 0.1) is 12.1 Å². The highest BCUT2D eigenvalue weighted by Crippen LogP contribution is 2.30. The lowest BCUT2D eigenvalue weighted by atomic mass is 10.1. The third-order valence-electron chi connectivity index (χ3n) is 3.97. The molecule has 0 aliphatic carbocycles. The Balaban J connectivity index is 2.03. The van der Waals surface area contributed by atoms with E-state index in [0.29, 0.717) is 10.8 Å². The zero-order chi connectivity index (χ0) is 14.7. The van der Waals surface area contributed by atoms with Gasteiger partial charge in [0, 0.05) is 39.1 Å². The van der Waals surface area contributed by atoms with Crippen molar-refractivity contribution in [1.29, 1.82) is 0 Å². The number of rotatable bonds is 3. The first-order chi connectivity index (χ1) is 9.52. The van der Waals surface area contributed by atoms with E-state index in [4.69, 9.17) is 16.3 Å². The molecule has 1 aliphatic rings. The van der Waals surface area contributed by atoms with Gasteiger partial charge in [0.25, 0.3) is 0 Å². The fourth-order valence-corrected chi connectivity index (χ4v) is 2.84. The minimum Gasteiger partial charge on any atom is -0.495 e. The molecule has 1 heterocycles. The number of amides is 1. The second-order valence-corrected chi connectivity index (χ2v) is 5.52. The van der Waals surface area contributed by atoms with Gasteiger partial charge in [-0.2, -0.15) is 0 Å². The molecule has 1 amide bonds. The van der Waals surface area contributed by atoms with E-state index < -0.39 is 0 Å². The van der Waals surface area contributed by atoms with E-state index in [0.717, 1.165) is 26.2 Å². The van der Waals surface area contributed by atoms with Gasteiger partial charge in [0.15, 0.2) is 0 Å². The summed E-state index contributed by atoms with van der Waals surface area (Å²) < 4.78 is 5.18. The van der Waals surface area contributed by atoms with Gasteiger partial charge in [0.2, 0.25) is 5.91 Å². The Kier molecular flexibility index (Phi) is 4.89. The highest BCUT2D eigenvalue weighted by atomic mass is 35.5. The van der Waals surface area contributed by atoms with Crippen molar-refractivity contribution in [1.82, 2.24) is 9.80 Å². The summed E-state index contributed by atoms with van der Waals surface area (Å²) in [5, 5.41) is 0.638. The van der Waals surface area contributed by atoms with Crippen molar-refractivity contribution >= 4 is 17.5 Å². The largest absolute Gasteiger partial charge is 0.495 e. The number of ether oxygens (including phenoxy) is 1. The van der Waals surface area contributed by atoms with E-state index in [1.54, 1.807) is 14.0 Å². The van der Waals surface area contributed by atoms with Crippen LogP contribution in [0, 0.1) is 0 Å². The number of hydrogen-bond acceptors (Lipinski definition) is 3. The summed E-state index contributed by atoms with van der Waals surface area (Å²) in [4.78, 5) is 15.6. The summed E-state index contributed by atoms with van der Waals surface area (Å²) in [5.41, 5.74) is 1.17. The second-order valence-electron chi connectivity index (χ2n) is 5.11. The Labute approximate surface area is 125 Å². The molecule has 0 bridgehead atoms. The van der Waals surface area contributed by atoms with E-state index in [-0.39, 0.29) is 11.9 Å². The fraction of sp³-hybridized carbons (Fsp3) is 0.533. The molecule has 1 aliphatic heterocycles. The maximum atomic E-state index is 11.3. The molecule has 0 radical (unpaired) electrons. The number of benzene rings is 1. The van der Waals surface area contributed by atoms with Crippen molar-refractivity contribution in [3.8, 4) is 5.75 Å². The third kappa shape index (κ3) is 3.25. The summed E-state index contributed by atoms with van der Waals surface area (Å²) in [6, 6.07) is 6.20. The summed E-state index contributed by atoms with van der Waals surface area (Å²) in [6.07, 6.45) is 0. The molecule has 4 nitrogen and oxygen atoms in total. The van der Waals surface area contributed by atoms with Crippen LogP contribution in [-0.2, 0) is 4.79 Å². The summed E-state index contributed by atoms with van der Waals surface area (Å²) in [5.74, 6) is 0.855. The highest BCUT2D eigenvalue weighted by molar-refractivity contribution is 6.32. The van der Waals surface area contributed by atoms with Crippen LogP contribution in [0.4, 0.5) is 0 Å². The van der Waals surface area contributed by atoms with Crippen LogP contribution in [0.3, 0.4) is 0 Å². The lowest BCUT2D eigenvalue weighted by molar-refractivity contribution is -0.130. The molecule has 0 aromatic heterocycles. The van der Waals surface area contributed by atoms with E-state index in [9.17, 15) is 4.79 Å². The Bertz CT molecular complexity index is 485. The predicted molar refractivity (Wildman–Crippen MR) is 80.2 cm³/mol. The van der Waals surface area contributed by atoms with E-state index in [2.05, 4.69) is 11.8 Å². The van der Waals surface area contributed by atoms with Crippen LogP contribution in [-0.4, -0.2) is 49.0 Å². The van der Waals surface area contributed by atoms with Crippen molar-refractivity contribution in [2.24, 2.45) is 0 Å². The number of carbonyl (C=O) groups excluding carboxylic acids is 1. The number of halogens is 1. The van der Waals surface area contributed by atoms with Crippen LogP contribution in [0.5, 0.6) is 5.75 Å². The molecule has 2 rings (SSSR count). The smallest absolute Gasteiger partial charge is 0.219 e. The van der Waals surface area contributed by atoms with Crippen LogP contribution in [0.2, 0.25) is 5.02 Å². The lowest BCUT2D eigenvalue weighted by Crippen LogP contribution is -2.48. The average molecular weight is 297 g/mol. The summed E-state index contributed by atoms with van der Waals surface area (Å²) >= 11 is 6.18. The molecule has 1 aromatic rings. The van der Waals surface area contributed by atoms with E-state index in [1.807, 2.05) is 23.1 Å². The molecule has 1 atom stereocenters. The molecule has 0 unspecified atom stereocenters. The Hall–Kier alpha value is -1.26. The van der Waals surface area contributed by atoms with Gasteiger partial charge in [-0.15, -0.1) is 0 Å². The number of carbonyl (C=O) groups is 1. The SMILES string of the molecule is COc1ccc([C@H](C)N2CCN(C(C)=O)CC2)cc1Cl. The zero-order valence-electron chi connectivity index (χ0n) is 12.2. The number of methoxy groups -OCH3 is 1. The fourth-order valence-electron chi connectivity index (χ4n) is 2.58. The van der Waals surface area contributed by atoms with E-state index >= 15 is 0 Å². The highest BCUT2D eigenvalue weighted by Gasteiger charge is 2.23. The van der Waals surface area contributed by atoms with Crippen molar-refractivity contribution in [3.63, 3.8) is 0 Å². The molecule has 0 spiro atoms. The van der Waals surface area contributed by atoms with E-state index in [1.165, 1.54) is 5.56 Å². The number of nitrogens with zero attached hydrogens (tertiary/aromatic N) is 2. The van der Waals surface area contributed by atoms with Gasteiger partial charge in [-0.25, -0.2) is 0 Å². The van der Waals surface area contributed by atoms with Crippen LogP contribution < -0.4 is 4.74 Å². The predicted octanol–water partition coefficient (Wildman–Crippen LogP) is 2.57. The topological polar surface area (TPSA) is 32.8 Å². The quantitative estimate of drug-likeness (QED) is 0.859. The maximum Gasteiger partial charge on any atom is 0.219 e. The Morgan fingerprint density at radius 3 is 2.45 bits per heavy atom. The molecule has 1 fully saturated rings. The van der Waals surface area contributed by atoms with Crippen LogP contribution in [0.15, 0.2) is 18.2 Å². The first-order valence-electron chi connectivity index (χ1n) is 6.86. The molecular formula is C15H21ClN2O2. The summed E-state index contributed by atoms with van der Waals surface area (Å²) in [6.45, 7) is 7.17. The average Bonchev–Trinajstić information content (AvgIpc) is 2.46. The standard InChI is InChI=1S/C15H21ClN2O2/c1-11(13-4-5-15(20-3)14(16)10-13)17-6-8-18(9-7-17)12(2)19/h4-5,10-11H,6-9H2,1-3H3/t11-/m0/s1. The molecule has 1 aromatic carbocycles. The van der Waals surface area contributed by atoms with Gasteiger partial charge in [-0.3, -0.25) is 9.69 Å². The van der Waals surface area contributed by atoms with Crippen molar-refractivity contribution in [2.75, 3.05) is 33.3 Å². The Morgan fingerprint density at radius 1 is 1.30 bits per heavy atom. The Morgan fingerprint density at radius 2 is 1.95 bits per heavy atom. The first kappa shape index (κ1) is 15.1. The van der Waals surface area contributed by atoms with Gasteiger partial charge in [0.1, 0.15) is 5.75 Å². The molecule has 110 valence electrons. The molecule has 0 N–H and O–H groups in total. The van der Waals surface area contributed by atoms with Crippen molar-refractivity contribution in [3.05, 3.63) is 28.8 Å². The third-order valence-corrected chi connectivity index (χ3v) is 4.26. The molecule has 5 heteroatoms. The normalized spacial score (nSPS) is 17.9. The van der Waals surface area contributed by atoms with Gasteiger partial charge >= 0.3 is 0 Å². The summed E-state index contributed by atoms with van der Waals surface area (Å²) in [7, 11) is 1.62. The molecule has 20 heavy (non-hydrogen) atoms. The zero-order valence-corrected chi connectivity index (χ0v) is 13.0. The van der Waals surface area contributed by atoms with Gasteiger partial charge in [-0.05, 0) is 24.6 Å². The molecular weight excluding hydrogens is 276 g/mol. The minimum absolute atomic E-state index is 0.157. The monoisotopic (exact) mass is 296 g/mol. The second kappa shape index (κ2) is 6.46. The first-order valence-corrected chi connectivity index (χ1v) is 7.23. The molecule has 1 saturated heterocycles. The van der Waals surface area contributed by atoms with Crippen molar-refractivity contribution in [2.45, 2.75) is 19.9 Å². The van der Waals surface area contributed by atoms with Crippen LogP contribution >= 0.6 is 11.6 Å². The minimum atomic E-state index is 0.157. The van der Waals surface area contributed by atoms with Gasteiger partial charge in [-0.1, -0.05) is 17.7 Å². The molecule has 0 saturated carbocycles. The number of piperazine rings is 1. The lowest BCUT2D eigenvalue weighted by Gasteiger charge is -2.38. The van der Waals surface area contributed by atoms with Crippen LogP contribution in [0.25, 0.3) is 0 Å². The van der Waals surface area contributed by atoms with Gasteiger partial charge < -0.3 is 9.64 Å². The van der Waals surface area contributed by atoms with Crippen LogP contribution in [0.1, 0.15) is 25.5 Å².